The lowest BCUT2D eigenvalue weighted by Crippen LogP contribution is -2.37. The van der Waals surface area contributed by atoms with Crippen molar-refractivity contribution >= 4 is 12.0 Å². The maximum atomic E-state index is 11.4. The quantitative estimate of drug-likeness (QED) is 0.722. The van der Waals surface area contributed by atoms with E-state index in [0.717, 1.165) is 0 Å². The Bertz CT molecular complexity index is 443. The zero-order valence-corrected chi connectivity index (χ0v) is 9.06. The molecule has 0 spiro atoms. The number of cyclic esters (lactones) is 1. The molecule has 0 saturated heterocycles. The molecular weight excluding hydrogens is 208 g/mol. The van der Waals surface area contributed by atoms with Crippen molar-refractivity contribution < 1.29 is 14.3 Å². The number of hydrogen-bond donors (Lipinski definition) is 1. The number of urea groups is 1. The minimum Gasteiger partial charge on any atom is -0.434 e. The highest BCUT2D eigenvalue weighted by molar-refractivity contribution is 5.94. The summed E-state index contributed by atoms with van der Waals surface area (Å²) in [6, 6.07) is 6.71. The highest BCUT2D eigenvalue weighted by atomic mass is 16.6. The Morgan fingerprint density at radius 1 is 1.38 bits per heavy atom. The second-order valence-electron chi connectivity index (χ2n) is 3.72. The molecule has 5 heteroatoms. The van der Waals surface area contributed by atoms with Crippen molar-refractivity contribution in [3.05, 3.63) is 35.4 Å². The molecule has 5 nitrogen and oxygen atoms in total. The third-order valence-corrected chi connectivity index (χ3v) is 2.35. The lowest BCUT2D eigenvalue weighted by Gasteiger charge is -2.16. The minimum atomic E-state index is -0.682. The van der Waals surface area contributed by atoms with Crippen LogP contribution in [0.15, 0.2) is 24.3 Å². The predicted octanol–water partition coefficient (Wildman–Crippen LogP) is 1.13. The third kappa shape index (κ3) is 1.71. The van der Waals surface area contributed by atoms with Gasteiger partial charge in [0.25, 0.3) is 0 Å². The molecule has 1 N–H and O–H groups in total. The van der Waals surface area contributed by atoms with Crippen molar-refractivity contribution in [2.75, 3.05) is 14.1 Å². The zero-order valence-electron chi connectivity index (χ0n) is 9.06. The van der Waals surface area contributed by atoms with Crippen molar-refractivity contribution in [1.82, 2.24) is 10.2 Å². The van der Waals surface area contributed by atoms with E-state index in [4.69, 9.17) is 4.74 Å². The van der Waals surface area contributed by atoms with Crippen LogP contribution in [0.1, 0.15) is 22.1 Å². The number of rotatable bonds is 1. The Morgan fingerprint density at radius 3 is 2.75 bits per heavy atom. The van der Waals surface area contributed by atoms with Gasteiger partial charge in [0, 0.05) is 19.7 Å². The summed E-state index contributed by atoms with van der Waals surface area (Å²) in [5.41, 5.74) is 1.20. The van der Waals surface area contributed by atoms with Crippen molar-refractivity contribution in [3.8, 4) is 0 Å². The summed E-state index contributed by atoms with van der Waals surface area (Å²) < 4.78 is 5.06. The maximum absolute atomic E-state index is 11.4. The molecule has 0 saturated carbocycles. The molecule has 0 bridgehead atoms. The molecule has 1 heterocycles. The second kappa shape index (κ2) is 3.84. The summed E-state index contributed by atoms with van der Waals surface area (Å²) in [7, 11) is 3.25. The maximum Gasteiger partial charge on any atom is 0.340 e. The van der Waals surface area contributed by atoms with Crippen LogP contribution in [0, 0.1) is 0 Å². The summed E-state index contributed by atoms with van der Waals surface area (Å²) in [6.07, 6.45) is -0.682. The molecule has 1 aliphatic heterocycles. The van der Waals surface area contributed by atoms with Crippen LogP contribution in [0.2, 0.25) is 0 Å². The van der Waals surface area contributed by atoms with Gasteiger partial charge in [-0.15, -0.1) is 0 Å². The monoisotopic (exact) mass is 220 g/mol. The average Bonchev–Trinajstić information content (AvgIpc) is 2.57. The van der Waals surface area contributed by atoms with Crippen LogP contribution in [-0.4, -0.2) is 31.0 Å². The normalized spacial score (nSPS) is 17.6. The minimum absolute atomic E-state index is 0.297. The van der Waals surface area contributed by atoms with E-state index < -0.39 is 12.2 Å². The largest absolute Gasteiger partial charge is 0.434 e. The Kier molecular flexibility index (Phi) is 2.52. The van der Waals surface area contributed by atoms with Gasteiger partial charge >= 0.3 is 12.0 Å². The van der Waals surface area contributed by atoms with Crippen molar-refractivity contribution in [1.29, 1.82) is 0 Å². The molecule has 2 rings (SSSR count). The Hall–Kier alpha value is -2.04. The van der Waals surface area contributed by atoms with Crippen LogP contribution in [0.25, 0.3) is 0 Å². The molecule has 1 aromatic carbocycles. The zero-order chi connectivity index (χ0) is 11.7. The van der Waals surface area contributed by atoms with E-state index >= 15 is 0 Å². The van der Waals surface area contributed by atoms with Gasteiger partial charge in [-0.05, 0) is 6.07 Å². The van der Waals surface area contributed by atoms with Gasteiger partial charge in [-0.25, -0.2) is 9.59 Å². The molecule has 84 valence electrons. The van der Waals surface area contributed by atoms with E-state index in [1.54, 1.807) is 38.4 Å². The van der Waals surface area contributed by atoms with E-state index in [1.807, 2.05) is 0 Å². The van der Waals surface area contributed by atoms with E-state index in [2.05, 4.69) is 5.32 Å². The number of nitrogens with one attached hydrogen (secondary N) is 1. The van der Waals surface area contributed by atoms with Gasteiger partial charge in [0.15, 0.2) is 0 Å². The summed E-state index contributed by atoms with van der Waals surface area (Å²) in [5.74, 6) is -0.403. The summed E-state index contributed by atoms with van der Waals surface area (Å²) in [4.78, 5) is 24.3. The van der Waals surface area contributed by atoms with Crippen molar-refractivity contribution in [2.45, 2.75) is 6.23 Å². The van der Waals surface area contributed by atoms with Gasteiger partial charge in [0.2, 0.25) is 6.23 Å². The molecule has 16 heavy (non-hydrogen) atoms. The van der Waals surface area contributed by atoms with Crippen LogP contribution < -0.4 is 5.32 Å². The molecule has 2 amide bonds. The van der Waals surface area contributed by atoms with Gasteiger partial charge in [-0.3, -0.25) is 5.32 Å². The van der Waals surface area contributed by atoms with E-state index in [9.17, 15) is 9.59 Å². The molecule has 1 atom stereocenters. The number of carbonyl (C=O) groups excluding carboxylic acids is 2. The molecule has 0 aromatic heterocycles. The van der Waals surface area contributed by atoms with Gasteiger partial charge < -0.3 is 9.64 Å². The topological polar surface area (TPSA) is 58.6 Å². The fourth-order valence-electron chi connectivity index (χ4n) is 1.49. The van der Waals surface area contributed by atoms with Crippen LogP contribution in [0.5, 0.6) is 0 Å². The number of benzene rings is 1. The SMILES string of the molecule is CN(C)C(=O)NC1OC(=O)c2ccccc21. The molecule has 0 fully saturated rings. The third-order valence-electron chi connectivity index (χ3n) is 2.35. The summed E-state index contributed by atoms with van der Waals surface area (Å²) >= 11 is 0. The van der Waals surface area contributed by atoms with Gasteiger partial charge in [-0.2, -0.15) is 0 Å². The Balaban J connectivity index is 2.21. The van der Waals surface area contributed by atoms with Crippen molar-refractivity contribution in [2.24, 2.45) is 0 Å². The summed E-state index contributed by atoms with van der Waals surface area (Å²) in [5, 5.41) is 2.61. The molecule has 0 radical (unpaired) electrons. The number of carbonyl (C=O) groups is 2. The van der Waals surface area contributed by atoms with Crippen molar-refractivity contribution in [3.63, 3.8) is 0 Å². The molecular formula is C11H12N2O3. The smallest absolute Gasteiger partial charge is 0.340 e. The number of esters is 1. The summed E-state index contributed by atoms with van der Waals surface area (Å²) in [6.45, 7) is 0. The Labute approximate surface area is 93.0 Å². The molecule has 1 aliphatic rings. The fourth-order valence-corrected chi connectivity index (χ4v) is 1.49. The van der Waals surface area contributed by atoms with Gasteiger partial charge in [0.05, 0.1) is 5.56 Å². The first-order valence-electron chi connectivity index (χ1n) is 4.87. The highest BCUT2D eigenvalue weighted by Crippen LogP contribution is 2.28. The number of hydrogen-bond acceptors (Lipinski definition) is 3. The number of nitrogens with zero attached hydrogens (tertiary/aromatic N) is 1. The number of amides is 2. The van der Waals surface area contributed by atoms with E-state index in [-0.39, 0.29) is 6.03 Å². The average molecular weight is 220 g/mol. The lowest BCUT2D eigenvalue weighted by molar-refractivity contribution is 0.0328. The first-order chi connectivity index (χ1) is 7.59. The van der Waals surface area contributed by atoms with E-state index in [1.165, 1.54) is 4.90 Å². The van der Waals surface area contributed by atoms with Crippen LogP contribution in [0.3, 0.4) is 0 Å². The molecule has 1 unspecified atom stereocenters. The van der Waals surface area contributed by atoms with Crippen LogP contribution in [-0.2, 0) is 4.74 Å². The molecule has 0 aliphatic carbocycles. The van der Waals surface area contributed by atoms with Gasteiger partial charge in [0.1, 0.15) is 0 Å². The first-order valence-corrected chi connectivity index (χ1v) is 4.87. The van der Waals surface area contributed by atoms with Crippen LogP contribution >= 0.6 is 0 Å². The highest BCUT2D eigenvalue weighted by Gasteiger charge is 2.31. The standard InChI is InChI=1S/C11H12N2O3/c1-13(2)11(15)12-9-7-5-3-4-6-8(7)10(14)16-9/h3-6,9H,1-2H3,(H,12,15). The second-order valence-corrected chi connectivity index (χ2v) is 3.72. The fraction of sp³-hybridized carbons (Fsp3) is 0.273. The Morgan fingerprint density at radius 2 is 2.06 bits per heavy atom. The number of fused-ring (bicyclic) bond motifs is 1. The van der Waals surface area contributed by atoms with Crippen LogP contribution in [0.4, 0.5) is 4.79 Å². The van der Waals surface area contributed by atoms with E-state index in [0.29, 0.717) is 11.1 Å². The number of ether oxygens (including phenoxy) is 1. The molecule has 1 aromatic rings. The predicted molar refractivity (Wildman–Crippen MR) is 56.8 cm³/mol. The van der Waals surface area contributed by atoms with Gasteiger partial charge in [-0.1, -0.05) is 18.2 Å². The lowest BCUT2D eigenvalue weighted by atomic mass is 10.1. The first kappa shape index (κ1) is 10.5.